The first-order valence-corrected chi connectivity index (χ1v) is 47.8. The van der Waals surface area contributed by atoms with Crippen molar-refractivity contribution >= 4 is 66.5 Å². The Labute approximate surface area is 346 Å². The summed E-state index contributed by atoms with van der Waals surface area (Å²) in [6, 6.07) is 0. The summed E-state index contributed by atoms with van der Waals surface area (Å²) in [6.45, 7) is 53.6. The van der Waals surface area contributed by atoms with Crippen LogP contribution in [0.25, 0.3) is 0 Å². The van der Waals surface area contributed by atoms with E-state index in [0.29, 0.717) is 13.2 Å². The SMILES string of the molecule is C[Si](C)(C)OCC1OC(CO[Si](C)(C)C)(O[C@H]2O[C@H](CO[Si](C)(C)C)[C@@H](O[Si](C)(C)C)[C@H](O[Si](C)(C)C)[C@H]2O[Si](C)(C)C)C(O[Si](C)(C)C)C1O[Si](C)(C)C. The van der Waals surface area contributed by atoms with Gasteiger partial charge in [0.25, 0.3) is 0 Å². The quantitative estimate of drug-likeness (QED) is 0.103. The molecule has 0 aromatic carbocycles. The second-order valence-electron chi connectivity index (χ2n) is 23.3. The Morgan fingerprint density at radius 2 is 0.745 bits per heavy atom. The molecule has 0 amide bonds. The van der Waals surface area contributed by atoms with Crippen LogP contribution in [-0.4, -0.2) is 141 Å². The van der Waals surface area contributed by atoms with E-state index in [-0.39, 0.29) is 6.61 Å². The van der Waals surface area contributed by atoms with Gasteiger partial charge in [0.1, 0.15) is 42.7 Å². The van der Waals surface area contributed by atoms with Gasteiger partial charge in [-0.3, -0.25) is 0 Å². The molecule has 2 aliphatic heterocycles. The molecule has 0 saturated carbocycles. The minimum atomic E-state index is -2.26. The molecule has 2 aliphatic rings. The van der Waals surface area contributed by atoms with Crippen LogP contribution in [0, 0.1) is 0 Å². The van der Waals surface area contributed by atoms with Crippen molar-refractivity contribution < 1.29 is 49.6 Å². The molecule has 0 bridgehead atoms. The van der Waals surface area contributed by atoms with Gasteiger partial charge in [-0.2, -0.15) is 0 Å². The van der Waals surface area contributed by atoms with Gasteiger partial charge in [0, 0.05) is 0 Å². The summed E-state index contributed by atoms with van der Waals surface area (Å²) in [6.07, 6.45) is -4.49. The molecule has 328 valence electrons. The van der Waals surface area contributed by atoms with E-state index in [2.05, 4.69) is 157 Å². The van der Waals surface area contributed by atoms with Crippen LogP contribution in [0.5, 0.6) is 0 Å². The Balaban J connectivity index is 2.98. The van der Waals surface area contributed by atoms with Gasteiger partial charge in [0.2, 0.25) is 5.79 Å². The minimum Gasteiger partial charge on any atom is -0.415 e. The Morgan fingerprint density at radius 1 is 0.382 bits per heavy atom. The molecule has 0 radical (unpaired) electrons. The second kappa shape index (κ2) is 18.7. The van der Waals surface area contributed by atoms with E-state index in [1.165, 1.54) is 0 Å². The average molecular weight is 920 g/mol. The molecule has 0 aromatic heterocycles. The predicted molar refractivity (Wildman–Crippen MR) is 246 cm³/mol. The molecule has 4 unspecified atom stereocenters. The highest BCUT2D eigenvalue weighted by molar-refractivity contribution is 6.72. The van der Waals surface area contributed by atoms with Gasteiger partial charge in [-0.1, -0.05) is 0 Å². The van der Waals surface area contributed by atoms with Crippen molar-refractivity contribution in [1.82, 2.24) is 0 Å². The summed E-state index contributed by atoms with van der Waals surface area (Å²) in [7, 11) is -17.0. The predicted octanol–water partition coefficient (Wildman–Crippen LogP) is 9.48. The highest BCUT2D eigenvalue weighted by atomic mass is 28.4. The van der Waals surface area contributed by atoms with E-state index in [4.69, 9.17) is 49.6 Å². The van der Waals surface area contributed by atoms with Crippen molar-refractivity contribution in [3.05, 3.63) is 0 Å². The Bertz CT molecular complexity index is 1190. The van der Waals surface area contributed by atoms with E-state index < -0.39 is 121 Å². The summed E-state index contributed by atoms with van der Waals surface area (Å²) in [4.78, 5) is 0. The lowest BCUT2D eigenvalue weighted by molar-refractivity contribution is -0.376. The zero-order chi connectivity index (χ0) is 43.0. The number of rotatable bonds is 21. The van der Waals surface area contributed by atoms with Crippen molar-refractivity contribution in [3.63, 3.8) is 0 Å². The maximum atomic E-state index is 7.53. The van der Waals surface area contributed by atoms with E-state index in [0.717, 1.165) is 0 Å². The maximum Gasteiger partial charge on any atom is 0.221 e. The van der Waals surface area contributed by atoms with Crippen molar-refractivity contribution in [2.24, 2.45) is 0 Å². The van der Waals surface area contributed by atoms with Gasteiger partial charge >= 0.3 is 0 Å². The number of ether oxygens (including phenoxy) is 3. The molecular weight excluding hydrogens is 833 g/mol. The Hall–Kier alpha value is 1.30. The lowest BCUT2D eigenvalue weighted by Gasteiger charge is -2.52. The Morgan fingerprint density at radius 3 is 1.15 bits per heavy atom. The summed E-state index contributed by atoms with van der Waals surface area (Å²) in [5.74, 6) is -1.41. The third-order valence-electron chi connectivity index (χ3n) is 7.86. The molecule has 0 aromatic rings. The molecule has 55 heavy (non-hydrogen) atoms. The fraction of sp³-hybridized carbons (Fsp3) is 1.00. The van der Waals surface area contributed by atoms with Crippen molar-refractivity contribution in [2.45, 2.75) is 212 Å². The zero-order valence-corrected chi connectivity index (χ0v) is 47.7. The minimum absolute atomic E-state index is 0.136. The van der Waals surface area contributed by atoms with Crippen molar-refractivity contribution in [2.75, 3.05) is 19.8 Å². The van der Waals surface area contributed by atoms with Crippen LogP contribution in [0.4, 0.5) is 0 Å². The normalized spacial score (nSPS) is 31.0. The van der Waals surface area contributed by atoms with Crippen LogP contribution in [0.3, 0.4) is 0 Å². The van der Waals surface area contributed by atoms with Crippen molar-refractivity contribution in [1.29, 1.82) is 0 Å². The first kappa shape index (κ1) is 52.4. The summed E-state index contributed by atoms with van der Waals surface area (Å²) in [5.41, 5.74) is 0. The van der Waals surface area contributed by atoms with Crippen LogP contribution in [0.15, 0.2) is 0 Å². The van der Waals surface area contributed by atoms with Gasteiger partial charge in [0.15, 0.2) is 72.8 Å². The molecule has 2 rings (SSSR count). The molecule has 11 nitrogen and oxygen atoms in total. The Kier molecular flexibility index (Phi) is 17.9. The van der Waals surface area contributed by atoms with Crippen LogP contribution in [0.2, 0.25) is 157 Å². The molecule has 0 N–H and O–H groups in total. The number of hydrogen-bond acceptors (Lipinski definition) is 11. The monoisotopic (exact) mass is 918 g/mol. The summed E-state index contributed by atoms with van der Waals surface area (Å²) in [5, 5.41) is 0. The lowest BCUT2D eigenvalue weighted by atomic mass is 9.99. The maximum absolute atomic E-state index is 7.53. The largest absolute Gasteiger partial charge is 0.415 e. The van der Waals surface area contributed by atoms with E-state index in [1.807, 2.05) is 0 Å². The lowest BCUT2D eigenvalue weighted by Crippen LogP contribution is -2.68. The third kappa shape index (κ3) is 19.7. The van der Waals surface area contributed by atoms with Gasteiger partial charge in [-0.25, -0.2) is 0 Å². The molecule has 2 saturated heterocycles. The zero-order valence-electron chi connectivity index (χ0n) is 39.7. The van der Waals surface area contributed by atoms with Gasteiger partial charge < -0.3 is 49.6 Å². The fourth-order valence-electron chi connectivity index (χ4n) is 6.21. The molecule has 2 fully saturated rings. The third-order valence-corrected chi connectivity index (χ3v) is 15.8. The van der Waals surface area contributed by atoms with Gasteiger partial charge in [0.05, 0.1) is 19.8 Å². The first-order valence-electron chi connectivity index (χ1n) is 20.5. The van der Waals surface area contributed by atoms with Crippen LogP contribution >= 0.6 is 0 Å². The molecule has 19 heteroatoms. The smallest absolute Gasteiger partial charge is 0.221 e. The average Bonchev–Trinajstić information content (AvgIpc) is 3.15. The van der Waals surface area contributed by atoms with E-state index in [1.54, 1.807) is 0 Å². The topological polar surface area (TPSA) is 102 Å². The van der Waals surface area contributed by atoms with Gasteiger partial charge in [-0.15, -0.1) is 0 Å². The summed E-state index contributed by atoms with van der Waals surface area (Å²) >= 11 is 0. The summed E-state index contributed by atoms with van der Waals surface area (Å²) < 4.78 is 77.8. The molecular formula is C36H86O11Si8. The second-order valence-corrected chi connectivity index (χ2v) is 59.1. The molecule has 0 spiro atoms. The van der Waals surface area contributed by atoms with E-state index in [9.17, 15) is 0 Å². The van der Waals surface area contributed by atoms with E-state index >= 15 is 0 Å². The van der Waals surface area contributed by atoms with Crippen LogP contribution in [0.1, 0.15) is 0 Å². The fourth-order valence-corrected chi connectivity index (χ4v) is 13.6. The molecule has 9 atom stereocenters. The standard InChI is InChI=1S/C36H86O11Si8/c1-48(2,3)37-25-28-30(43-51(10,11)12)32(45-53(16,17)18)33(46-54(19,20)21)35(40-28)42-36(27-39-50(7,8)9)34(47-55(22,23)24)31(44-52(13,14)15)29(41-36)26-38-49(4,5)6/h28-35H,25-27H2,1-24H3/t28-,29?,30-,31?,32+,33-,34?,35-,36?/m1/s1. The highest BCUT2D eigenvalue weighted by Crippen LogP contribution is 2.44. The molecule has 2 heterocycles. The highest BCUT2D eigenvalue weighted by Gasteiger charge is 2.63. The molecule has 0 aliphatic carbocycles. The van der Waals surface area contributed by atoms with Crippen molar-refractivity contribution in [3.8, 4) is 0 Å². The first-order chi connectivity index (χ1) is 24.2. The van der Waals surface area contributed by atoms with Gasteiger partial charge in [-0.05, 0) is 157 Å². The van der Waals surface area contributed by atoms with Crippen LogP contribution in [-0.2, 0) is 49.6 Å². The number of hydrogen-bond donors (Lipinski definition) is 0. The van der Waals surface area contributed by atoms with Crippen LogP contribution < -0.4 is 0 Å².